The Morgan fingerprint density at radius 3 is 0.907 bits per heavy atom. The summed E-state index contributed by atoms with van der Waals surface area (Å²) in [6.45, 7) is 76.5. The lowest BCUT2D eigenvalue weighted by atomic mass is 9.67. The minimum Gasteiger partial charge on any atom is -0.0648 e. The van der Waals surface area contributed by atoms with Crippen molar-refractivity contribution in [2.24, 2.45) is 85.2 Å². The Morgan fingerprint density at radius 2 is 0.605 bits per heavy atom. The lowest BCUT2D eigenvalue weighted by Gasteiger charge is -2.37. The molecule has 0 heterocycles. The molecule has 7 rings (SSSR count). The van der Waals surface area contributed by atoms with Crippen molar-refractivity contribution in [3.8, 4) is 0 Å². The highest BCUT2D eigenvalue weighted by molar-refractivity contribution is 5.77. The van der Waals surface area contributed by atoms with Gasteiger partial charge in [-0.25, -0.2) is 0 Å². The fraction of sp³-hybridized carbons (Fsp3) is 0.651. The minimum atomic E-state index is 0.177. The zero-order chi connectivity index (χ0) is 66.3. The monoisotopic (exact) mass is 1170 g/mol. The van der Waals surface area contributed by atoms with Crippen LogP contribution >= 0.6 is 0 Å². The largest absolute Gasteiger partial charge is 0.0648 e. The maximum absolute atomic E-state index is 2.38. The van der Waals surface area contributed by atoms with Gasteiger partial charge in [-0.3, -0.25) is 0 Å². The Hall–Kier alpha value is -3.90. The van der Waals surface area contributed by atoms with Crippen molar-refractivity contribution < 1.29 is 0 Å². The number of rotatable bonds is 17. The lowest BCUT2D eigenvalue weighted by Crippen LogP contribution is -2.26. The van der Waals surface area contributed by atoms with Gasteiger partial charge in [-0.15, -0.1) is 0 Å². The van der Waals surface area contributed by atoms with Crippen LogP contribution in [0.4, 0.5) is 0 Å². The van der Waals surface area contributed by atoms with Crippen LogP contribution in [0.1, 0.15) is 285 Å². The van der Waals surface area contributed by atoms with Crippen LogP contribution in [0.15, 0.2) is 165 Å². The van der Waals surface area contributed by atoms with Crippen molar-refractivity contribution in [3.05, 3.63) is 170 Å². The predicted octanol–water partition coefficient (Wildman–Crippen LogP) is 27.9. The highest BCUT2D eigenvalue weighted by Gasteiger charge is 2.40. The molecule has 0 N–H and O–H groups in total. The molecule has 0 bridgehead atoms. The van der Waals surface area contributed by atoms with E-state index in [4.69, 9.17) is 0 Å². The van der Waals surface area contributed by atoms with Crippen molar-refractivity contribution in [2.75, 3.05) is 0 Å². The Labute approximate surface area is 537 Å². The number of benzene rings is 1. The van der Waals surface area contributed by atoms with Crippen LogP contribution < -0.4 is 0 Å². The Kier molecular flexibility index (Phi) is 29.8. The molecule has 0 aromatic heterocycles. The molecule has 0 nitrogen and oxygen atoms in total. The van der Waals surface area contributed by atoms with Crippen LogP contribution in [0.25, 0.3) is 5.57 Å². The van der Waals surface area contributed by atoms with Crippen LogP contribution in [0.5, 0.6) is 0 Å². The van der Waals surface area contributed by atoms with E-state index in [0.29, 0.717) is 39.4 Å². The second-order valence-electron chi connectivity index (χ2n) is 31.7. The Balaban J connectivity index is 0.000000353. The van der Waals surface area contributed by atoms with Gasteiger partial charge in [0.2, 0.25) is 0 Å². The fourth-order valence-electron chi connectivity index (χ4n) is 15.4. The van der Waals surface area contributed by atoms with Gasteiger partial charge in [-0.05, 0) is 122 Å². The van der Waals surface area contributed by atoms with E-state index < -0.39 is 0 Å². The summed E-state index contributed by atoms with van der Waals surface area (Å²) in [6.07, 6.45) is 37.9. The molecular weight excluding hydrogens is 1030 g/mol. The summed E-state index contributed by atoms with van der Waals surface area (Å²) in [5, 5.41) is 0. The van der Waals surface area contributed by atoms with Gasteiger partial charge in [0.15, 0.2) is 0 Å². The molecule has 0 amide bonds. The summed E-state index contributed by atoms with van der Waals surface area (Å²) < 4.78 is 0. The average molecular weight is 1170 g/mol. The van der Waals surface area contributed by atoms with Crippen molar-refractivity contribution in [2.45, 2.75) is 280 Å². The van der Waals surface area contributed by atoms with Crippen molar-refractivity contribution in [1.29, 1.82) is 0 Å². The first kappa shape index (κ1) is 78.2. The van der Waals surface area contributed by atoms with Crippen LogP contribution in [-0.2, 0) is 0 Å². The second kappa shape index (κ2) is 32.7. The van der Waals surface area contributed by atoms with Crippen LogP contribution in [0.2, 0.25) is 0 Å². The molecular formula is C86H140. The Morgan fingerprint density at radius 1 is 0.314 bits per heavy atom. The fourth-order valence-corrected chi connectivity index (χ4v) is 15.4. The molecule has 0 fully saturated rings. The van der Waals surface area contributed by atoms with E-state index in [1.165, 1.54) is 68.1 Å². The van der Waals surface area contributed by atoms with E-state index in [2.05, 4.69) is 332 Å². The third-order valence-electron chi connectivity index (χ3n) is 22.5. The molecule has 0 saturated carbocycles. The summed E-state index contributed by atoms with van der Waals surface area (Å²) in [4.78, 5) is 0. The minimum absolute atomic E-state index is 0.177. The highest BCUT2D eigenvalue weighted by Crippen LogP contribution is 2.53. The Bertz CT molecular complexity index is 2690. The molecule has 0 aliphatic heterocycles. The zero-order valence-corrected chi connectivity index (χ0v) is 63.1. The smallest absolute Gasteiger partial charge is 0.0117 e. The van der Waals surface area contributed by atoms with E-state index in [1.807, 2.05) is 0 Å². The SMILES string of the molecule is CCC(C)C1=CC=C(C(C)(C)C)C1(C)C.CCC(C)C1=CC=C(C(C)C)C1(C)C.CCC(C)C1=CC=C(C(C)CC)C1(C)C.CCC(C)C1=CC=C(C)C1(C)C.CCC(C)C1=CC=C(c2ccccc2)C1(C)C.CCC1=CC=C(C(C)CC)C1(C)C. The lowest BCUT2D eigenvalue weighted by molar-refractivity contribution is 0.362. The second-order valence-corrected chi connectivity index (χ2v) is 31.7. The molecule has 1 aromatic rings. The van der Waals surface area contributed by atoms with Gasteiger partial charge in [0, 0.05) is 32.5 Å². The van der Waals surface area contributed by atoms with E-state index in [1.54, 1.807) is 55.7 Å². The molecule has 484 valence electrons. The standard InChI is InChI=1S/C17H22.2C15H26.C14H24.C13H22.C12H20/c1-5-13(2)15-11-12-16(17(15,3)4)14-9-7-6-8-10-14;1-8-11(2)12-9-10-13(14(3,4)5)15(12,6)7;1-7-11(3)13-9-10-14(12(4)8-2)15(13,5)6;1-7-11(4)13-9-8-12(10(2)3)14(13,5)6;1-6-10(3)12-9-8-11(7-2)13(12,4)5;1-6-9(2)11-8-7-10(3)12(11,4)5/h6-13H,5H2,1-4H3;9-11H,8H2,1-7H3;9-12H,7-8H2,1-6H3;8-11H,7H2,1-6H3;8-10H,6-7H2,1-5H3;7-9H,6H2,1-5H3. The predicted molar refractivity (Wildman–Crippen MR) is 392 cm³/mol. The van der Waals surface area contributed by atoms with Gasteiger partial charge < -0.3 is 0 Å². The third kappa shape index (κ3) is 18.6. The molecule has 6 aliphatic rings. The maximum Gasteiger partial charge on any atom is 0.0117 e. The average Bonchev–Trinajstić information content (AvgIpc) is 1.88. The van der Waals surface area contributed by atoms with E-state index in [9.17, 15) is 0 Å². The van der Waals surface area contributed by atoms with Gasteiger partial charge >= 0.3 is 0 Å². The highest BCUT2D eigenvalue weighted by atomic mass is 14.4. The van der Waals surface area contributed by atoms with E-state index in [-0.39, 0.29) is 16.2 Å². The normalized spacial score (nSPS) is 22.2. The topological polar surface area (TPSA) is 0 Å². The maximum atomic E-state index is 2.38. The first-order chi connectivity index (χ1) is 39.7. The summed E-state index contributed by atoms with van der Waals surface area (Å²) >= 11 is 0. The summed E-state index contributed by atoms with van der Waals surface area (Å²) in [7, 11) is 0. The van der Waals surface area contributed by atoms with Gasteiger partial charge in [0.05, 0.1) is 0 Å². The third-order valence-corrected chi connectivity index (χ3v) is 22.5. The van der Waals surface area contributed by atoms with Crippen molar-refractivity contribution in [3.63, 3.8) is 0 Å². The molecule has 0 saturated heterocycles. The van der Waals surface area contributed by atoms with Gasteiger partial charge in [-0.2, -0.15) is 0 Å². The summed E-state index contributed by atoms with van der Waals surface area (Å²) in [5.74, 6) is 5.67. The summed E-state index contributed by atoms with van der Waals surface area (Å²) in [5.41, 5.74) is 22.3. The van der Waals surface area contributed by atoms with Gasteiger partial charge in [-0.1, -0.05) is 386 Å². The number of hydrogen-bond acceptors (Lipinski definition) is 0. The number of allylic oxidation sites excluding steroid dienone is 24. The molecule has 86 heavy (non-hydrogen) atoms. The molecule has 6 aliphatic carbocycles. The first-order valence-corrected chi connectivity index (χ1v) is 35.2. The van der Waals surface area contributed by atoms with Crippen molar-refractivity contribution >= 4 is 5.57 Å². The van der Waals surface area contributed by atoms with Crippen molar-refractivity contribution in [1.82, 2.24) is 0 Å². The van der Waals surface area contributed by atoms with Crippen LogP contribution in [0, 0.1) is 85.2 Å². The van der Waals surface area contributed by atoms with E-state index >= 15 is 0 Å². The van der Waals surface area contributed by atoms with Gasteiger partial charge in [0.1, 0.15) is 0 Å². The molecule has 7 unspecified atom stereocenters. The summed E-state index contributed by atoms with van der Waals surface area (Å²) in [6, 6.07) is 10.7. The van der Waals surface area contributed by atoms with Crippen LogP contribution in [-0.4, -0.2) is 0 Å². The number of hydrogen-bond donors (Lipinski definition) is 0. The van der Waals surface area contributed by atoms with Crippen LogP contribution in [0.3, 0.4) is 0 Å². The first-order valence-electron chi connectivity index (χ1n) is 35.2. The van der Waals surface area contributed by atoms with Gasteiger partial charge in [0.25, 0.3) is 0 Å². The molecule has 7 atom stereocenters. The molecule has 0 radical (unpaired) electrons. The van der Waals surface area contributed by atoms with E-state index in [0.717, 1.165) is 29.6 Å². The quantitative estimate of drug-likeness (QED) is 0.146. The zero-order valence-electron chi connectivity index (χ0n) is 63.1. The molecule has 0 heteroatoms. The molecule has 0 spiro atoms. The molecule has 1 aromatic carbocycles.